The summed E-state index contributed by atoms with van der Waals surface area (Å²) in [7, 11) is 1.77. The van der Waals surface area contributed by atoms with Crippen molar-refractivity contribution in [3.05, 3.63) is 0 Å². The third-order valence-corrected chi connectivity index (χ3v) is 2.15. The van der Waals surface area contributed by atoms with Crippen molar-refractivity contribution in [1.82, 2.24) is 5.32 Å². The van der Waals surface area contributed by atoms with Gasteiger partial charge in [-0.15, -0.1) is 0 Å². The molecule has 2 nitrogen and oxygen atoms in total. The quantitative estimate of drug-likeness (QED) is 0.637. The van der Waals surface area contributed by atoms with E-state index in [1.54, 1.807) is 7.11 Å². The van der Waals surface area contributed by atoms with Gasteiger partial charge in [-0.2, -0.15) is 0 Å². The second-order valence-electron chi connectivity index (χ2n) is 3.48. The van der Waals surface area contributed by atoms with Gasteiger partial charge in [-0.3, -0.25) is 0 Å². The van der Waals surface area contributed by atoms with Crippen molar-refractivity contribution in [2.45, 2.75) is 52.2 Å². The van der Waals surface area contributed by atoms with Gasteiger partial charge in [-0.25, -0.2) is 0 Å². The van der Waals surface area contributed by atoms with Crippen molar-refractivity contribution >= 4 is 0 Å². The highest BCUT2D eigenvalue weighted by Crippen LogP contribution is 2.03. The Balaban J connectivity index is 3.24. The number of nitrogens with one attached hydrogen (secondary N) is 1. The van der Waals surface area contributed by atoms with E-state index in [2.05, 4.69) is 26.1 Å². The Morgan fingerprint density at radius 1 is 1.25 bits per heavy atom. The lowest BCUT2D eigenvalue weighted by molar-refractivity contribution is 0.106. The molecule has 0 amide bonds. The molecule has 0 bridgehead atoms. The Morgan fingerprint density at radius 3 is 2.42 bits per heavy atom. The Hall–Kier alpha value is -0.0800. The summed E-state index contributed by atoms with van der Waals surface area (Å²) in [5, 5.41) is 3.46. The topological polar surface area (TPSA) is 21.3 Å². The van der Waals surface area contributed by atoms with Crippen LogP contribution in [-0.2, 0) is 4.74 Å². The molecule has 0 aliphatic carbocycles. The van der Waals surface area contributed by atoms with Gasteiger partial charge < -0.3 is 10.1 Å². The molecule has 0 saturated heterocycles. The molecule has 0 aromatic rings. The highest BCUT2D eigenvalue weighted by molar-refractivity contribution is 4.62. The lowest BCUT2D eigenvalue weighted by Gasteiger charge is -2.15. The van der Waals surface area contributed by atoms with E-state index >= 15 is 0 Å². The van der Waals surface area contributed by atoms with Crippen LogP contribution >= 0.6 is 0 Å². The molecule has 2 heteroatoms. The first kappa shape index (κ1) is 11.9. The standard InChI is InChI=1S/C10H23NO/c1-5-8-11-9(2)6-7-10(3)12-4/h9-11H,5-8H2,1-4H3. The van der Waals surface area contributed by atoms with Crippen molar-refractivity contribution in [1.29, 1.82) is 0 Å². The highest BCUT2D eigenvalue weighted by atomic mass is 16.5. The third-order valence-electron chi connectivity index (χ3n) is 2.15. The van der Waals surface area contributed by atoms with Crippen molar-refractivity contribution in [3.63, 3.8) is 0 Å². The maximum absolute atomic E-state index is 5.18. The molecular weight excluding hydrogens is 150 g/mol. The van der Waals surface area contributed by atoms with Crippen LogP contribution in [0.4, 0.5) is 0 Å². The van der Waals surface area contributed by atoms with Crippen LogP contribution < -0.4 is 5.32 Å². The summed E-state index contributed by atoms with van der Waals surface area (Å²) in [6.45, 7) is 7.67. The molecular formula is C10H23NO. The zero-order valence-corrected chi connectivity index (χ0v) is 8.89. The van der Waals surface area contributed by atoms with Crippen molar-refractivity contribution in [2.24, 2.45) is 0 Å². The molecule has 1 N–H and O–H groups in total. The molecule has 12 heavy (non-hydrogen) atoms. The molecule has 0 fully saturated rings. The maximum atomic E-state index is 5.18. The van der Waals surface area contributed by atoms with Gasteiger partial charge in [0.2, 0.25) is 0 Å². The molecule has 0 saturated carbocycles. The van der Waals surface area contributed by atoms with Gasteiger partial charge in [0.1, 0.15) is 0 Å². The second-order valence-corrected chi connectivity index (χ2v) is 3.48. The number of methoxy groups -OCH3 is 1. The number of hydrogen-bond acceptors (Lipinski definition) is 2. The fourth-order valence-corrected chi connectivity index (χ4v) is 1.10. The van der Waals surface area contributed by atoms with Crippen LogP contribution in [0.5, 0.6) is 0 Å². The predicted molar refractivity (Wildman–Crippen MR) is 53.5 cm³/mol. The average molecular weight is 173 g/mol. The summed E-state index contributed by atoms with van der Waals surface area (Å²) in [5.74, 6) is 0. The molecule has 0 aliphatic rings. The third kappa shape index (κ3) is 6.62. The van der Waals surface area contributed by atoms with Crippen LogP contribution in [0.3, 0.4) is 0 Å². The SMILES string of the molecule is CCCNC(C)CCC(C)OC. The van der Waals surface area contributed by atoms with E-state index in [9.17, 15) is 0 Å². The summed E-state index contributed by atoms with van der Waals surface area (Å²) < 4.78 is 5.18. The molecule has 0 radical (unpaired) electrons. The van der Waals surface area contributed by atoms with Crippen LogP contribution in [-0.4, -0.2) is 25.8 Å². The lowest BCUT2D eigenvalue weighted by atomic mass is 10.1. The van der Waals surface area contributed by atoms with E-state index in [0.717, 1.165) is 13.0 Å². The molecule has 0 spiro atoms. The van der Waals surface area contributed by atoms with E-state index in [1.807, 2.05) is 0 Å². The summed E-state index contributed by atoms with van der Waals surface area (Å²) in [5.41, 5.74) is 0. The first-order chi connectivity index (χ1) is 5.70. The van der Waals surface area contributed by atoms with Gasteiger partial charge in [0.15, 0.2) is 0 Å². The van der Waals surface area contributed by atoms with Gasteiger partial charge >= 0.3 is 0 Å². The smallest absolute Gasteiger partial charge is 0.0543 e. The number of hydrogen-bond donors (Lipinski definition) is 1. The van der Waals surface area contributed by atoms with E-state index in [4.69, 9.17) is 4.74 Å². The average Bonchev–Trinajstić information content (AvgIpc) is 2.10. The van der Waals surface area contributed by atoms with E-state index in [0.29, 0.717) is 12.1 Å². The van der Waals surface area contributed by atoms with Gasteiger partial charge in [0, 0.05) is 13.2 Å². The lowest BCUT2D eigenvalue weighted by Crippen LogP contribution is -2.27. The predicted octanol–water partition coefficient (Wildman–Crippen LogP) is 2.19. The van der Waals surface area contributed by atoms with Gasteiger partial charge in [-0.1, -0.05) is 6.92 Å². The molecule has 2 unspecified atom stereocenters. The second kappa shape index (κ2) is 7.56. The molecule has 0 rings (SSSR count). The van der Waals surface area contributed by atoms with E-state index < -0.39 is 0 Å². The molecule has 2 atom stereocenters. The summed E-state index contributed by atoms with van der Waals surface area (Å²) in [4.78, 5) is 0. The minimum absolute atomic E-state index is 0.399. The summed E-state index contributed by atoms with van der Waals surface area (Å²) in [6.07, 6.45) is 3.96. The monoisotopic (exact) mass is 173 g/mol. The number of rotatable bonds is 7. The van der Waals surface area contributed by atoms with Crippen LogP contribution in [0, 0.1) is 0 Å². The minimum Gasteiger partial charge on any atom is -0.382 e. The highest BCUT2D eigenvalue weighted by Gasteiger charge is 2.03. The van der Waals surface area contributed by atoms with E-state index in [1.165, 1.54) is 12.8 Å². The zero-order chi connectivity index (χ0) is 9.40. The maximum Gasteiger partial charge on any atom is 0.0543 e. The molecule has 0 heterocycles. The summed E-state index contributed by atoms with van der Waals surface area (Å²) >= 11 is 0. The van der Waals surface area contributed by atoms with Crippen molar-refractivity contribution in [2.75, 3.05) is 13.7 Å². The summed E-state index contributed by atoms with van der Waals surface area (Å²) in [6, 6.07) is 0.627. The normalized spacial score (nSPS) is 16.0. The fraction of sp³-hybridized carbons (Fsp3) is 1.00. The number of ether oxygens (including phenoxy) is 1. The van der Waals surface area contributed by atoms with E-state index in [-0.39, 0.29) is 0 Å². The fourth-order valence-electron chi connectivity index (χ4n) is 1.10. The molecule has 74 valence electrons. The van der Waals surface area contributed by atoms with Crippen LogP contribution in [0.15, 0.2) is 0 Å². The van der Waals surface area contributed by atoms with Crippen LogP contribution in [0.2, 0.25) is 0 Å². The zero-order valence-electron chi connectivity index (χ0n) is 8.89. The van der Waals surface area contributed by atoms with Crippen LogP contribution in [0.1, 0.15) is 40.0 Å². The first-order valence-electron chi connectivity index (χ1n) is 4.96. The largest absolute Gasteiger partial charge is 0.382 e. The van der Waals surface area contributed by atoms with Crippen LogP contribution in [0.25, 0.3) is 0 Å². The first-order valence-corrected chi connectivity index (χ1v) is 4.96. The molecule has 0 aromatic heterocycles. The Bertz CT molecular complexity index is 95.8. The molecule has 0 aliphatic heterocycles. The Kier molecular flexibility index (Phi) is 7.51. The Labute approximate surface area is 76.7 Å². The van der Waals surface area contributed by atoms with Gasteiger partial charge in [0.05, 0.1) is 6.10 Å². The van der Waals surface area contributed by atoms with Crippen molar-refractivity contribution in [3.8, 4) is 0 Å². The van der Waals surface area contributed by atoms with Gasteiger partial charge in [-0.05, 0) is 39.7 Å². The minimum atomic E-state index is 0.399. The van der Waals surface area contributed by atoms with Gasteiger partial charge in [0.25, 0.3) is 0 Å². The van der Waals surface area contributed by atoms with Crippen molar-refractivity contribution < 1.29 is 4.74 Å². The molecule has 0 aromatic carbocycles. The Morgan fingerprint density at radius 2 is 1.92 bits per heavy atom.